The lowest BCUT2D eigenvalue weighted by Gasteiger charge is -2.29. The number of hydrogen-bond donors (Lipinski definition) is 1. The summed E-state index contributed by atoms with van der Waals surface area (Å²) < 4.78 is 0. The molecule has 2 N–H and O–H groups in total. The summed E-state index contributed by atoms with van der Waals surface area (Å²) in [6.07, 6.45) is 2.59. The molecule has 3 rings (SSSR count). The lowest BCUT2D eigenvalue weighted by molar-refractivity contribution is -0.133. The van der Waals surface area contributed by atoms with E-state index >= 15 is 0 Å². The van der Waals surface area contributed by atoms with E-state index in [0.717, 1.165) is 10.4 Å². The van der Waals surface area contributed by atoms with Gasteiger partial charge in [-0.1, -0.05) is 23.7 Å². The molecule has 1 aromatic heterocycles. The van der Waals surface area contributed by atoms with Gasteiger partial charge in [-0.2, -0.15) is 5.10 Å². The van der Waals surface area contributed by atoms with Crippen molar-refractivity contribution in [2.45, 2.75) is 38.6 Å². The largest absolute Gasteiger partial charge is 0.364 e. The topological polar surface area (TPSA) is 88.7 Å². The van der Waals surface area contributed by atoms with Crippen LogP contribution in [0.4, 0.5) is 0 Å². The molecule has 0 fully saturated rings. The average Bonchev–Trinajstić information content (AvgIpc) is 3.02. The maximum Gasteiger partial charge on any atom is 0.265 e. The minimum Gasteiger partial charge on any atom is -0.364 e. The van der Waals surface area contributed by atoms with Crippen LogP contribution in [0.3, 0.4) is 0 Å². The summed E-state index contributed by atoms with van der Waals surface area (Å²) in [5.74, 6) is -1.26. The third-order valence-corrected chi connectivity index (χ3v) is 5.40. The zero-order chi connectivity index (χ0) is 18.8. The Hall–Kier alpha value is -2.25. The molecule has 1 atom stereocenters. The van der Waals surface area contributed by atoms with E-state index < -0.39 is 11.8 Å². The van der Waals surface area contributed by atoms with Gasteiger partial charge in [-0.25, -0.2) is 9.99 Å². The fourth-order valence-corrected chi connectivity index (χ4v) is 4.12. The first-order chi connectivity index (χ1) is 12.3. The van der Waals surface area contributed by atoms with Crippen LogP contribution >= 0.6 is 22.9 Å². The predicted molar refractivity (Wildman–Crippen MR) is 102 cm³/mol. The predicted octanol–water partition coefficient (Wildman–Crippen LogP) is 2.95. The van der Waals surface area contributed by atoms with Crippen molar-refractivity contribution in [3.8, 4) is 0 Å². The van der Waals surface area contributed by atoms with Crippen molar-refractivity contribution >= 4 is 40.5 Å². The van der Waals surface area contributed by atoms with Gasteiger partial charge in [0.1, 0.15) is 10.7 Å². The number of rotatable bonds is 5. The molecular formula is C18H19ClN4O2S. The molecule has 1 aliphatic rings. The molecule has 0 bridgehead atoms. The number of primary amides is 1. The van der Waals surface area contributed by atoms with Crippen molar-refractivity contribution in [1.82, 2.24) is 9.99 Å². The van der Waals surface area contributed by atoms with Crippen LogP contribution in [0.2, 0.25) is 5.02 Å². The van der Waals surface area contributed by atoms with Crippen molar-refractivity contribution in [2.75, 3.05) is 0 Å². The van der Waals surface area contributed by atoms with Gasteiger partial charge in [-0.05, 0) is 31.5 Å². The average molecular weight is 391 g/mol. The number of carbonyl (C=O) groups excluding carboxylic acids is 2. The van der Waals surface area contributed by atoms with Crippen LogP contribution < -0.4 is 5.73 Å². The van der Waals surface area contributed by atoms with E-state index in [0.29, 0.717) is 16.5 Å². The first-order valence-electron chi connectivity index (χ1n) is 8.24. The highest BCUT2D eigenvalue weighted by Crippen LogP contribution is 2.31. The molecule has 0 radical (unpaired) electrons. The van der Waals surface area contributed by atoms with Crippen molar-refractivity contribution in [3.63, 3.8) is 0 Å². The number of nitrogens with two attached hydrogens (primary N) is 1. The van der Waals surface area contributed by atoms with Crippen molar-refractivity contribution in [1.29, 1.82) is 0 Å². The number of aromatic nitrogens is 1. The standard InChI is InChI=1S/C18H19ClN4O2S/c1-10(2)23-15(24)8-14(16(22-23)17(20)25)18-21-9-13(26-18)7-11-4-3-5-12(19)6-11/h3-6,9-10,14H,7-8H2,1-2H3,(H2,20,25). The van der Waals surface area contributed by atoms with E-state index in [1.165, 1.54) is 16.3 Å². The van der Waals surface area contributed by atoms with Crippen LogP contribution in [0.1, 0.15) is 41.6 Å². The fraction of sp³-hybridized carbons (Fsp3) is 0.333. The molecule has 0 saturated carbocycles. The second kappa shape index (κ2) is 7.55. The zero-order valence-corrected chi connectivity index (χ0v) is 16.0. The highest BCUT2D eigenvalue weighted by molar-refractivity contribution is 7.11. The molecule has 0 spiro atoms. The van der Waals surface area contributed by atoms with Crippen molar-refractivity contribution < 1.29 is 9.59 Å². The number of nitrogens with zero attached hydrogens (tertiary/aromatic N) is 3. The van der Waals surface area contributed by atoms with Crippen LogP contribution in [-0.4, -0.2) is 33.6 Å². The van der Waals surface area contributed by atoms with Gasteiger partial charge in [0.25, 0.3) is 5.91 Å². The normalized spacial score (nSPS) is 17.5. The number of amides is 2. The molecule has 2 aromatic rings. The maximum absolute atomic E-state index is 12.4. The lowest BCUT2D eigenvalue weighted by atomic mass is 9.97. The summed E-state index contributed by atoms with van der Waals surface area (Å²) in [5.41, 5.74) is 6.76. The van der Waals surface area contributed by atoms with E-state index in [1.54, 1.807) is 6.20 Å². The molecular weight excluding hydrogens is 372 g/mol. The molecule has 1 unspecified atom stereocenters. The molecule has 2 heterocycles. The molecule has 26 heavy (non-hydrogen) atoms. The minimum absolute atomic E-state index is 0.132. The summed E-state index contributed by atoms with van der Waals surface area (Å²) >= 11 is 7.49. The number of hydrogen-bond acceptors (Lipinski definition) is 5. The van der Waals surface area contributed by atoms with Crippen LogP contribution in [-0.2, 0) is 16.0 Å². The highest BCUT2D eigenvalue weighted by Gasteiger charge is 2.36. The number of carbonyl (C=O) groups is 2. The Morgan fingerprint density at radius 1 is 1.46 bits per heavy atom. The smallest absolute Gasteiger partial charge is 0.265 e. The quantitative estimate of drug-likeness (QED) is 0.851. The van der Waals surface area contributed by atoms with E-state index in [9.17, 15) is 9.59 Å². The van der Waals surface area contributed by atoms with Gasteiger partial charge in [-0.15, -0.1) is 11.3 Å². The Balaban J connectivity index is 1.86. The van der Waals surface area contributed by atoms with Crippen LogP contribution in [0.15, 0.2) is 35.6 Å². The Kier molecular flexibility index (Phi) is 5.38. The second-order valence-corrected chi connectivity index (χ2v) is 7.99. The Morgan fingerprint density at radius 3 is 2.88 bits per heavy atom. The summed E-state index contributed by atoms with van der Waals surface area (Å²) in [4.78, 5) is 29.7. The number of halogens is 1. The van der Waals surface area contributed by atoms with Gasteiger partial charge in [0.05, 0.1) is 5.92 Å². The minimum atomic E-state index is -0.625. The molecule has 2 amide bonds. The number of hydrazone groups is 1. The van der Waals surface area contributed by atoms with Gasteiger partial charge >= 0.3 is 0 Å². The van der Waals surface area contributed by atoms with Gasteiger partial charge in [0, 0.05) is 35.0 Å². The van der Waals surface area contributed by atoms with E-state index in [-0.39, 0.29) is 24.1 Å². The molecule has 136 valence electrons. The summed E-state index contributed by atoms with van der Waals surface area (Å²) in [6, 6.07) is 7.49. The molecule has 6 nitrogen and oxygen atoms in total. The zero-order valence-electron chi connectivity index (χ0n) is 14.5. The summed E-state index contributed by atoms with van der Waals surface area (Å²) in [5, 5.41) is 6.88. The van der Waals surface area contributed by atoms with Gasteiger partial charge in [0.2, 0.25) is 5.91 Å². The van der Waals surface area contributed by atoms with Crippen LogP contribution in [0.5, 0.6) is 0 Å². The second-order valence-electron chi connectivity index (χ2n) is 6.41. The first kappa shape index (κ1) is 18.5. The van der Waals surface area contributed by atoms with Gasteiger partial charge in [0.15, 0.2) is 0 Å². The van der Waals surface area contributed by atoms with Crippen molar-refractivity contribution in [2.24, 2.45) is 10.8 Å². The third kappa shape index (κ3) is 3.94. The highest BCUT2D eigenvalue weighted by atomic mass is 35.5. The maximum atomic E-state index is 12.4. The van der Waals surface area contributed by atoms with Crippen LogP contribution in [0.25, 0.3) is 0 Å². The third-order valence-electron chi connectivity index (χ3n) is 4.06. The molecule has 0 saturated heterocycles. The lowest BCUT2D eigenvalue weighted by Crippen LogP contribution is -2.43. The number of benzene rings is 1. The molecule has 1 aliphatic heterocycles. The van der Waals surface area contributed by atoms with Crippen LogP contribution in [0, 0.1) is 0 Å². The Labute approximate surface area is 160 Å². The number of thiazole rings is 1. The van der Waals surface area contributed by atoms with E-state index in [4.69, 9.17) is 17.3 Å². The monoisotopic (exact) mass is 390 g/mol. The Bertz CT molecular complexity index is 878. The van der Waals surface area contributed by atoms with Gasteiger partial charge < -0.3 is 5.73 Å². The van der Waals surface area contributed by atoms with E-state index in [1.807, 2.05) is 38.1 Å². The summed E-state index contributed by atoms with van der Waals surface area (Å²) in [6.45, 7) is 3.68. The van der Waals surface area contributed by atoms with E-state index in [2.05, 4.69) is 10.1 Å². The fourth-order valence-electron chi connectivity index (χ4n) is 2.85. The molecule has 1 aromatic carbocycles. The summed E-state index contributed by atoms with van der Waals surface area (Å²) in [7, 11) is 0. The molecule has 8 heteroatoms. The van der Waals surface area contributed by atoms with Gasteiger partial charge in [-0.3, -0.25) is 9.59 Å². The first-order valence-corrected chi connectivity index (χ1v) is 9.44. The SMILES string of the molecule is CC(C)N1N=C(C(N)=O)C(c2ncc(Cc3cccc(Cl)c3)s2)CC1=O. The molecule has 0 aliphatic carbocycles. The van der Waals surface area contributed by atoms with Crippen molar-refractivity contribution in [3.05, 3.63) is 50.9 Å². The Morgan fingerprint density at radius 2 is 2.23 bits per heavy atom.